The van der Waals surface area contributed by atoms with Crippen molar-refractivity contribution in [1.29, 1.82) is 0 Å². The third-order valence-corrected chi connectivity index (χ3v) is 3.24. The van der Waals surface area contributed by atoms with Gasteiger partial charge in [-0.05, 0) is 12.8 Å². The van der Waals surface area contributed by atoms with E-state index in [4.69, 9.17) is 0 Å². The summed E-state index contributed by atoms with van der Waals surface area (Å²) in [4.78, 5) is 14.1. The van der Waals surface area contributed by atoms with E-state index in [0.717, 1.165) is 19.4 Å². The van der Waals surface area contributed by atoms with Gasteiger partial charge in [0.15, 0.2) is 0 Å². The molecular formula is C8H12N4S2. The Morgan fingerprint density at radius 3 is 2.64 bits per heavy atom. The highest BCUT2D eigenvalue weighted by Crippen LogP contribution is 2.26. The third-order valence-electron chi connectivity index (χ3n) is 2.28. The van der Waals surface area contributed by atoms with E-state index < -0.39 is 0 Å². The van der Waals surface area contributed by atoms with Crippen molar-refractivity contribution in [1.82, 2.24) is 15.0 Å². The van der Waals surface area contributed by atoms with Crippen LogP contribution in [0.4, 0.5) is 5.95 Å². The minimum absolute atomic E-state index is 0.161. The second kappa shape index (κ2) is 4.35. The van der Waals surface area contributed by atoms with Crippen molar-refractivity contribution >= 4 is 31.2 Å². The van der Waals surface area contributed by atoms with E-state index in [1.165, 1.54) is 12.7 Å². The van der Waals surface area contributed by atoms with Crippen LogP contribution in [0.2, 0.25) is 0 Å². The van der Waals surface area contributed by atoms with Crippen LogP contribution in [-0.4, -0.2) is 32.1 Å². The van der Waals surface area contributed by atoms with Crippen molar-refractivity contribution < 1.29 is 0 Å². The van der Waals surface area contributed by atoms with E-state index in [-0.39, 0.29) is 5.37 Å². The lowest BCUT2D eigenvalue weighted by Crippen LogP contribution is -2.40. The molecule has 1 aliphatic rings. The molecule has 4 nitrogen and oxygen atoms in total. The van der Waals surface area contributed by atoms with Gasteiger partial charge in [0.1, 0.15) is 12.7 Å². The Kier molecular flexibility index (Phi) is 3.12. The van der Waals surface area contributed by atoms with Crippen LogP contribution in [0.3, 0.4) is 0 Å². The Labute approximate surface area is 94.0 Å². The van der Waals surface area contributed by atoms with E-state index in [9.17, 15) is 0 Å². The number of nitrogens with zero attached hydrogens (tertiary/aromatic N) is 4. The van der Waals surface area contributed by atoms with Crippen molar-refractivity contribution in [2.75, 3.05) is 11.4 Å². The number of anilines is 1. The van der Waals surface area contributed by atoms with E-state index in [2.05, 4.69) is 45.1 Å². The molecule has 0 bridgehead atoms. The summed E-state index contributed by atoms with van der Waals surface area (Å²) in [6.45, 7) is 0.909. The molecule has 2 atom stereocenters. The van der Waals surface area contributed by atoms with Crippen LogP contribution in [-0.2, 0) is 0 Å². The van der Waals surface area contributed by atoms with Crippen LogP contribution in [0.25, 0.3) is 0 Å². The molecule has 76 valence electrons. The predicted molar refractivity (Wildman–Crippen MR) is 62.0 cm³/mol. The summed E-state index contributed by atoms with van der Waals surface area (Å²) >= 11 is 8.95. The largest absolute Gasteiger partial charge is 0.329 e. The summed E-state index contributed by atoms with van der Waals surface area (Å²) in [6, 6.07) is 0. The van der Waals surface area contributed by atoms with Gasteiger partial charge in [-0.1, -0.05) is 0 Å². The average Bonchev–Trinajstić information content (AvgIpc) is 2.19. The van der Waals surface area contributed by atoms with Gasteiger partial charge in [0.05, 0.1) is 5.37 Å². The van der Waals surface area contributed by atoms with Gasteiger partial charge < -0.3 is 4.90 Å². The van der Waals surface area contributed by atoms with Gasteiger partial charge in [-0.25, -0.2) is 15.0 Å². The predicted octanol–water partition coefficient (Wildman–Crippen LogP) is 1.03. The maximum atomic E-state index is 4.50. The summed E-state index contributed by atoms with van der Waals surface area (Å²) in [5.41, 5.74) is 0. The Morgan fingerprint density at radius 1 is 1.29 bits per heavy atom. The minimum Gasteiger partial charge on any atom is -0.329 e. The van der Waals surface area contributed by atoms with E-state index >= 15 is 0 Å². The fraction of sp³-hybridized carbons (Fsp3) is 0.625. The van der Waals surface area contributed by atoms with Gasteiger partial charge in [-0.15, -0.1) is 0 Å². The number of rotatable bonds is 1. The lowest BCUT2D eigenvalue weighted by molar-refractivity contribution is 0.557. The van der Waals surface area contributed by atoms with Crippen molar-refractivity contribution in [3.05, 3.63) is 12.7 Å². The Hall–Kier alpha value is -0.490. The molecule has 0 N–H and O–H groups in total. The SMILES string of the molecule is SC1CCN(c2ncncn2)C(S)C1. The molecule has 2 unspecified atom stereocenters. The lowest BCUT2D eigenvalue weighted by Gasteiger charge is -2.35. The number of piperidine rings is 1. The van der Waals surface area contributed by atoms with Crippen molar-refractivity contribution in [2.45, 2.75) is 23.5 Å². The molecule has 0 aliphatic carbocycles. The Bertz CT molecular complexity index is 295. The van der Waals surface area contributed by atoms with E-state index in [1.807, 2.05) is 0 Å². The highest BCUT2D eigenvalue weighted by Gasteiger charge is 2.25. The average molecular weight is 228 g/mol. The fourth-order valence-corrected chi connectivity index (χ4v) is 2.49. The minimum atomic E-state index is 0.161. The third kappa shape index (κ3) is 2.12. The molecule has 2 rings (SSSR count). The van der Waals surface area contributed by atoms with Gasteiger partial charge in [-0.2, -0.15) is 25.3 Å². The van der Waals surface area contributed by atoms with Crippen LogP contribution < -0.4 is 4.90 Å². The molecular weight excluding hydrogens is 216 g/mol. The van der Waals surface area contributed by atoms with Crippen molar-refractivity contribution in [3.8, 4) is 0 Å². The molecule has 0 radical (unpaired) electrons. The highest BCUT2D eigenvalue weighted by atomic mass is 32.1. The van der Waals surface area contributed by atoms with Gasteiger partial charge in [0.2, 0.25) is 5.95 Å². The summed E-state index contributed by atoms with van der Waals surface area (Å²) in [5, 5.41) is 0.601. The molecule has 14 heavy (non-hydrogen) atoms. The Balaban J connectivity index is 2.12. The van der Waals surface area contributed by atoms with Crippen LogP contribution in [0, 0.1) is 0 Å². The summed E-state index contributed by atoms with van der Waals surface area (Å²) in [5.74, 6) is 0.709. The van der Waals surface area contributed by atoms with Gasteiger partial charge in [0.25, 0.3) is 0 Å². The standard InChI is InChI=1S/C8H12N4S2/c13-6-1-2-12(7(14)3-6)8-10-4-9-5-11-8/h4-7,13-14H,1-3H2. The molecule has 1 fully saturated rings. The van der Waals surface area contributed by atoms with Crippen LogP contribution in [0.1, 0.15) is 12.8 Å². The molecule has 1 saturated heterocycles. The van der Waals surface area contributed by atoms with Gasteiger partial charge >= 0.3 is 0 Å². The quantitative estimate of drug-likeness (QED) is 0.704. The van der Waals surface area contributed by atoms with Gasteiger partial charge in [0, 0.05) is 11.8 Å². The normalized spacial score (nSPS) is 27.7. The lowest BCUT2D eigenvalue weighted by atomic mass is 10.1. The first-order valence-corrected chi connectivity index (χ1v) is 5.55. The van der Waals surface area contributed by atoms with Crippen LogP contribution in [0.15, 0.2) is 12.7 Å². The van der Waals surface area contributed by atoms with E-state index in [0.29, 0.717) is 11.2 Å². The molecule has 1 aliphatic heterocycles. The smallest absolute Gasteiger partial charge is 0.229 e. The topological polar surface area (TPSA) is 41.9 Å². The zero-order valence-corrected chi connectivity index (χ0v) is 9.40. The van der Waals surface area contributed by atoms with Crippen molar-refractivity contribution in [3.63, 3.8) is 0 Å². The first kappa shape index (κ1) is 10.0. The zero-order chi connectivity index (χ0) is 9.97. The summed E-state index contributed by atoms with van der Waals surface area (Å²) < 4.78 is 0. The number of hydrogen-bond acceptors (Lipinski definition) is 6. The highest BCUT2D eigenvalue weighted by molar-refractivity contribution is 7.82. The second-order valence-corrected chi connectivity index (χ2v) is 4.62. The summed E-state index contributed by atoms with van der Waals surface area (Å²) in [7, 11) is 0. The Morgan fingerprint density at radius 2 is 2.00 bits per heavy atom. The van der Waals surface area contributed by atoms with Gasteiger partial charge in [-0.3, -0.25) is 0 Å². The van der Waals surface area contributed by atoms with Crippen molar-refractivity contribution in [2.24, 2.45) is 0 Å². The molecule has 2 heterocycles. The molecule has 0 saturated carbocycles. The second-order valence-electron chi connectivity index (χ2n) is 3.29. The number of thiol groups is 2. The fourth-order valence-electron chi connectivity index (χ4n) is 1.54. The monoisotopic (exact) mass is 228 g/mol. The molecule has 0 aromatic carbocycles. The number of aromatic nitrogens is 3. The van der Waals surface area contributed by atoms with Crippen LogP contribution >= 0.6 is 25.3 Å². The molecule has 1 aromatic rings. The maximum Gasteiger partial charge on any atom is 0.229 e. The van der Waals surface area contributed by atoms with E-state index in [1.54, 1.807) is 0 Å². The molecule has 1 aromatic heterocycles. The maximum absolute atomic E-state index is 4.50. The number of hydrogen-bond donors (Lipinski definition) is 2. The zero-order valence-electron chi connectivity index (χ0n) is 7.61. The summed E-state index contributed by atoms with van der Waals surface area (Å²) in [6.07, 6.45) is 5.02. The molecule has 0 amide bonds. The van der Waals surface area contributed by atoms with Crippen LogP contribution in [0.5, 0.6) is 0 Å². The molecule has 6 heteroatoms. The first-order valence-electron chi connectivity index (χ1n) is 4.52. The molecule has 0 spiro atoms. The first-order chi connectivity index (χ1) is 6.77.